The van der Waals surface area contributed by atoms with Gasteiger partial charge in [-0.2, -0.15) is 0 Å². The smallest absolute Gasteiger partial charge is 0.318 e. The number of tetrazole rings is 1. The number of aromatic nitrogens is 4. The second-order valence-electron chi connectivity index (χ2n) is 6.01. The molecule has 2 rings (SSSR count). The molecule has 0 unspecified atom stereocenters. The van der Waals surface area contributed by atoms with Crippen LogP contribution in [0.2, 0.25) is 0 Å². The van der Waals surface area contributed by atoms with E-state index in [1.165, 1.54) is 13.8 Å². The van der Waals surface area contributed by atoms with Gasteiger partial charge in [-0.25, -0.2) is 4.68 Å². The van der Waals surface area contributed by atoms with Crippen LogP contribution < -0.4 is 5.32 Å². The molecule has 0 saturated carbocycles. The van der Waals surface area contributed by atoms with Gasteiger partial charge in [0.05, 0.1) is 6.04 Å². The Morgan fingerprint density at radius 1 is 1.30 bits per heavy atom. The molecule has 23 heavy (non-hydrogen) atoms. The van der Waals surface area contributed by atoms with Crippen LogP contribution in [0.1, 0.15) is 33.7 Å². The van der Waals surface area contributed by atoms with Crippen LogP contribution in [0.3, 0.4) is 0 Å². The quantitative estimate of drug-likeness (QED) is 0.816. The predicted molar refractivity (Wildman–Crippen MR) is 83.7 cm³/mol. The Kier molecular flexibility index (Phi) is 4.44. The van der Waals surface area contributed by atoms with E-state index >= 15 is 0 Å². The maximum atomic E-state index is 12.1. The minimum atomic E-state index is -1.52. The first-order chi connectivity index (χ1) is 10.7. The fourth-order valence-corrected chi connectivity index (χ4v) is 1.85. The Balaban J connectivity index is 2.29. The Morgan fingerprint density at radius 3 is 2.61 bits per heavy atom. The molecule has 0 aliphatic carbocycles. The van der Waals surface area contributed by atoms with Crippen molar-refractivity contribution in [3.63, 3.8) is 0 Å². The van der Waals surface area contributed by atoms with E-state index in [9.17, 15) is 9.59 Å². The SMILES string of the molecule is CC(C)n1nnnc1-c1cccc(NC(=O)C(C)(C)C(=O)O)c1. The molecule has 0 saturated heterocycles. The van der Waals surface area contributed by atoms with E-state index in [1.807, 2.05) is 19.9 Å². The van der Waals surface area contributed by atoms with Crippen LogP contribution in [-0.4, -0.2) is 37.2 Å². The summed E-state index contributed by atoms with van der Waals surface area (Å²) in [6.45, 7) is 6.63. The van der Waals surface area contributed by atoms with Crippen LogP contribution in [-0.2, 0) is 9.59 Å². The van der Waals surface area contributed by atoms with Gasteiger partial charge in [-0.3, -0.25) is 9.59 Å². The second-order valence-corrected chi connectivity index (χ2v) is 6.01. The molecule has 122 valence electrons. The van der Waals surface area contributed by atoms with Crippen LogP contribution in [0.5, 0.6) is 0 Å². The monoisotopic (exact) mass is 317 g/mol. The number of carboxylic acids is 1. The van der Waals surface area contributed by atoms with Crippen molar-refractivity contribution < 1.29 is 14.7 Å². The minimum Gasteiger partial charge on any atom is -0.480 e. The number of anilines is 1. The number of aliphatic carboxylic acids is 1. The third-order valence-electron chi connectivity index (χ3n) is 3.46. The zero-order valence-corrected chi connectivity index (χ0v) is 13.4. The van der Waals surface area contributed by atoms with Crippen molar-refractivity contribution in [3.8, 4) is 11.4 Å². The minimum absolute atomic E-state index is 0.0872. The van der Waals surface area contributed by atoms with Gasteiger partial charge in [0.25, 0.3) is 0 Å². The number of carbonyl (C=O) groups is 2. The first-order valence-corrected chi connectivity index (χ1v) is 7.16. The number of carbonyl (C=O) groups excluding carboxylic acids is 1. The molecule has 1 aromatic heterocycles. The van der Waals surface area contributed by atoms with Gasteiger partial charge in [0, 0.05) is 11.3 Å². The number of amides is 1. The van der Waals surface area contributed by atoms with Gasteiger partial charge in [-0.05, 0) is 50.3 Å². The highest BCUT2D eigenvalue weighted by Crippen LogP contribution is 2.24. The summed E-state index contributed by atoms with van der Waals surface area (Å²) in [6, 6.07) is 7.05. The maximum Gasteiger partial charge on any atom is 0.318 e. The van der Waals surface area contributed by atoms with Gasteiger partial charge >= 0.3 is 5.97 Å². The summed E-state index contributed by atoms with van der Waals surface area (Å²) in [4.78, 5) is 23.2. The number of carboxylic acid groups (broad SMARTS) is 1. The Bertz CT molecular complexity index is 736. The van der Waals surface area contributed by atoms with Crippen molar-refractivity contribution >= 4 is 17.6 Å². The number of rotatable bonds is 5. The summed E-state index contributed by atoms with van der Waals surface area (Å²) < 4.78 is 1.67. The molecule has 0 aliphatic heterocycles. The molecular formula is C15H19N5O3. The fraction of sp³-hybridized carbons (Fsp3) is 0.400. The molecule has 1 amide bonds. The molecule has 1 heterocycles. The van der Waals surface area contributed by atoms with Gasteiger partial charge in [0.15, 0.2) is 5.82 Å². The second kappa shape index (κ2) is 6.15. The number of nitrogens with zero attached hydrogens (tertiary/aromatic N) is 4. The van der Waals surface area contributed by atoms with Crippen molar-refractivity contribution in [1.82, 2.24) is 20.2 Å². The van der Waals surface area contributed by atoms with Gasteiger partial charge in [0.1, 0.15) is 5.41 Å². The largest absolute Gasteiger partial charge is 0.480 e. The molecular weight excluding hydrogens is 298 g/mol. The van der Waals surface area contributed by atoms with Crippen molar-refractivity contribution in [2.45, 2.75) is 33.7 Å². The van der Waals surface area contributed by atoms with Crippen LogP contribution in [0.4, 0.5) is 5.69 Å². The molecule has 2 N–H and O–H groups in total. The third kappa shape index (κ3) is 3.36. The molecule has 8 heteroatoms. The van der Waals surface area contributed by atoms with Crippen LogP contribution in [0.25, 0.3) is 11.4 Å². The molecule has 0 spiro atoms. The normalized spacial score (nSPS) is 11.5. The lowest BCUT2D eigenvalue weighted by Gasteiger charge is -2.18. The van der Waals surface area contributed by atoms with Gasteiger partial charge in [0.2, 0.25) is 5.91 Å². The number of hydrogen-bond donors (Lipinski definition) is 2. The average Bonchev–Trinajstić information content (AvgIpc) is 2.97. The van der Waals surface area contributed by atoms with Crippen molar-refractivity contribution in [2.24, 2.45) is 5.41 Å². The fourth-order valence-electron chi connectivity index (χ4n) is 1.85. The molecule has 2 aromatic rings. The lowest BCUT2D eigenvalue weighted by molar-refractivity contribution is -0.151. The standard InChI is InChI=1S/C15H19N5O3/c1-9(2)20-12(17-18-19-20)10-6-5-7-11(8-10)16-13(21)15(3,4)14(22)23/h5-9H,1-4H3,(H,16,21)(H,22,23). The first-order valence-electron chi connectivity index (χ1n) is 7.16. The van der Waals surface area contributed by atoms with E-state index in [-0.39, 0.29) is 6.04 Å². The Morgan fingerprint density at radius 2 is 2.00 bits per heavy atom. The van der Waals surface area contributed by atoms with E-state index in [0.29, 0.717) is 11.5 Å². The highest BCUT2D eigenvalue weighted by molar-refractivity contribution is 6.07. The zero-order chi connectivity index (χ0) is 17.2. The van der Waals surface area contributed by atoms with Gasteiger partial charge < -0.3 is 10.4 Å². The molecule has 0 aliphatic rings. The molecule has 0 radical (unpaired) electrons. The molecule has 0 atom stereocenters. The van der Waals surface area contributed by atoms with E-state index in [0.717, 1.165) is 5.56 Å². The highest BCUT2D eigenvalue weighted by atomic mass is 16.4. The lowest BCUT2D eigenvalue weighted by atomic mass is 9.92. The summed E-state index contributed by atoms with van der Waals surface area (Å²) in [6.07, 6.45) is 0. The molecule has 8 nitrogen and oxygen atoms in total. The topological polar surface area (TPSA) is 110 Å². The zero-order valence-electron chi connectivity index (χ0n) is 13.4. The van der Waals surface area contributed by atoms with E-state index < -0.39 is 17.3 Å². The number of nitrogens with one attached hydrogen (secondary N) is 1. The van der Waals surface area contributed by atoms with E-state index in [4.69, 9.17) is 5.11 Å². The van der Waals surface area contributed by atoms with Crippen LogP contribution in [0.15, 0.2) is 24.3 Å². The summed E-state index contributed by atoms with van der Waals surface area (Å²) in [5.41, 5.74) is -0.301. The van der Waals surface area contributed by atoms with Crippen molar-refractivity contribution in [1.29, 1.82) is 0 Å². The molecule has 0 bridgehead atoms. The van der Waals surface area contributed by atoms with Gasteiger partial charge in [-0.15, -0.1) is 5.10 Å². The van der Waals surface area contributed by atoms with Crippen LogP contribution in [0, 0.1) is 5.41 Å². The predicted octanol–water partition coefficient (Wildman–Crippen LogP) is 1.97. The molecule has 1 aromatic carbocycles. The Labute approximate surface area is 133 Å². The Hall–Kier alpha value is -2.77. The van der Waals surface area contributed by atoms with E-state index in [1.54, 1.807) is 22.9 Å². The van der Waals surface area contributed by atoms with Crippen molar-refractivity contribution in [2.75, 3.05) is 5.32 Å². The summed E-state index contributed by atoms with van der Waals surface area (Å²) in [5, 5.41) is 23.3. The average molecular weight is 317 g/mol. The number of benzene rings is 1. The summed E-state index contributed by atoms with van der Waals surface area (Å²) in [7, 11) is 0. The van der Waals surface area contributed by atoms with Crippen molar-refractivity contribution in [3.05, 3.63) is 24.3 Å². The van der Waals surface area contributed by atoms with E-state index in [2.05, 4.69) is 20.8 Å². The summed E-state index contributed by atoms with van der Waals surface area (Å²) in [5.74, 6) is -1.20. The maximum absolute atomic E-state index is 12.1. The van der Waals surface area contributed by atoms with Gasteiger partial charge in [-0.1, -0.05) is 12.1 Å². The summed E-state index contributed by atoms with van der Waals surface area (Å²) >= 11 is 0. The highest BCUT2D eigenvalue weighted by Gasteiger charge is 2.36. The molecule has 0 fully saturated rings. The third-order valence-corrected chi connectivity index (χ3v) is 3.46. The lowest BCUT2D eigenvalue weighted by Crippen LogP contribution is -2.37. The first kappa shape index (κ1) is 16.6. The van der Waals surface area contributed by atoms with Crippen LogP contribution >= 0.6 is 0 Å². The number of hydrogen-bond acceptors (Lipinski definition) is 5.